The molecule has 0 unspecified atom stereocenters. The Bertz CT molecular complexity index is 2390. The molecular formula is C47H40N2O13. The van der Waals surface area contributed by atoms with Crippen LogP contribution in [0.1, 0.15) is 54.1 Å². The molecule has 0 fully saturated rings. The highest BCUT2D eigenvalue weighted by atomic mass is 16.3. The van der Waals surface area contributed by atoms with Crippen LogP contribution in [0.15, 0.2) is 149 Å². The molecule has 15 heteroatoms. The van der Waals surface area contributed by atoms with Crippen LogP contribution in [0.25, 0.3) is 22.6 Å². The Labute approximate surface area is 355 Å². The molecule has 0 spiro atoms. The Balaban J connectivity index is 0.000000745. The first-order chi connectivity index (χ1) is 29.9. The summed E-state index contributed by atoms with van der Waals surface area (Å²) in [6, 6.07) is 36.6. The van der Waals surface area contributed by atoms with Crippen molar-refractivity contribution in [2.75, 3.05) is 0 Å². The average molecular weight is 841 g/mol. The van der Waals surface area contributed by atoms with Crippen LogP contribution in [0.3, 0.4) is 0 Å². The van der Waals surface area contributed by atoms with Gasteiger partial charge in [0.1, 0.15) is 18.3 Å². The van der Waals surface area contributed by atoms with Gasteiger partial charge >= 0.3 is 24.6 Å². The van der Waals surface area contributed by atoms with E-state index in [1.807, 2.05) is 54.6 Å². The molecule has 15 nitrogen and oxygen atoms in total. The van der Waals surface area contributed by atoms with Gasteiger partial charge in [0.15, 0.2) is 24.3 Å². The number of aryl methyl sites for hydroxylation is 4. The van der Waals surface area contributed by atoms with Crippen LogP contribution >= 0.6 is 0 Å². The number of aromatic hydroxyl groups is 1. The SMILES string of the molecule is Cc1ccc(-c2cnco2)cc1.Cc1ccc(-c2cnco2)cc1C.Cc1ccc(C=O)cc1Cc1ccccc1.O=C=O.O=C=O.O=C=O.O=C=O.O=Cc1ccc(O)cc1. The van der Waals surface area contributed by atoms with Crippen molar-refractivity contribution in [3.05, 3.63) is 185 Å². The molecule has 7 rings (SSSR count). The quantitative estimate of drug-likeness (QED) is 0.157. The number of benzene rings is 5. The number of nitrogens with zero attached hydrogens (tertiary/aromatic N) is 2. The van der Waals surface area contributed by atoms with Gasteiger partial charge in [-0.25, -0.2) is 9.97 Å². The Morgan fingerprint density at radius 2 is 0.968 bits per heavy atom. The molecule has 0 radical (unpaired) electrons. The van der Waals surface area contributed by atoms with Crippen LogP contribution in [0.4, 0.5) is 0 Å². The Hall–Kier alpha value is -8.82. The molecule has 0 amide bonds. The molecule has 62 heavy (non-hydrogen) atoms. The normalized spacial score (nSPS) is 8.52. The second-order valence-corrected chi connectivity index (χ2v) is 11.9. The van der Waals surface area contributed by atoms with Gasteiger partial charge < -0.3 is 13.9 Å². The Morgan fingerprint density at radius 1 is 0.516 bits per heavy atom. The number of hydrogen-bond donors (Lipinski definition) is 1. The molecule has 1 N–H and O–H groups in total. The van der Waals surface area contributed by atoms with E-state index in [0.29, 0.717) is 5.56 Å². The van der Waals surface area contributed by atoms with E-state index in [9.17, 15) is 9.59 Å². The zero-order valence-electron chi connectivity index (χ0n) is 33.9. The summed E-state index contributed by atoms with van der Waals surface area (Å²) < 4.78 is 10.4. The topological polar surface area (TPSA) is 243 Å². The molecule has 0 bridgehead atoms. The van der Waals surface area contributed by atoms with Crippen molar-refractivity contribution in [2.45, 2.75) is 34.1 Å². The van der Waals surface area contributed by atoms with E-state index < -0.39 is 0 Å². The second kappa shape index (κ2) is 33.2. The maximum atomic E-state index is 10.7. The number of carbonyl (C=O) groups excluding carboxylic acids is 10. The molecule has 7 aromatic rings. The zero-order chi connectivity index (χ0) is 46.5. The van der Waals surface area contributed by atoms with Crippen molar-refractivity contribution >= 4 is 37.2 Å². The lowest BCUT2D eigenvalue weighted by atomic mass is 9.99. The van der Waals surface area contributed by atoms with Crippen molar-refractivity contribution in [1.29, 1.82) is 0 Å². The standard InChI is InChI=1S/C15H14O.C11H11NO.C10H9NO.C7H6O2.4CO2/c1-12-7-8-14(11-16)10-15(12)9-13-5-3-2-4-6-13;1-8-3-4-10(5-9(8)2)11-6-12-7-13-11;1-8-2-4-9(5-3-8)10-6-11-7-12-10;8-5-6-1-3-7(9)4-2-6;4*2-1-3/h2-8,10-11H,9H2,1H3;3-7H,1-2H3;2-7H,1H3;1-5,9H;;;;. The van der Waals surface area contributed by atoms with Crippen molar-refractivity contribution < 1.29 is 61.9 Å². The molecule has 0 aliphatic rings. The summed E-state index contributed by atoms with van der Waals surface area (Å²) in [5, 5.41) is 8.74. The van der Waals surface area contributed by atoms with Gasteiger partial charge in [0.25, 0.3) is 0 Å². The molecule has 5 aromatic carbocycles. The lowest BCUT2D eigenvalue weighted by Crippen LogP contribution is -1.93. The van der Waals surface area contributed by atoms with Gasteiger partial charge in [0.2, 0.25) is 0 Å². The number of aldehydes is 2. The first kappa shape index (κ1) is 53.2. The molecule has 0 aliphatic heterocycles. The molecule has 0 saturated heterocycles. The zero-order valence-corrected chi connectivity index (χ0v) is 33.9. The van der Waals surface area contributed by atoms with Gasteiger partial charge in [-0.3, -0.25) is 9.59 Å². The van der Waals surface area contributed by atoms with Crippen molar-refractivity contribution in [2.24, 2.45) is 0 Å². The predicted molar refractivity (Wildman–Crippen MR) is 217 cm³/mol. The molecule has 0 aliphatic carbocycles. The molecule has 0 saturated carbocycles. The van der Waals surface area contributed by atoms with Crippen molar-refractivity contribution in [3.8, 4) is 28.4 Å². The minimum atomic E-state index is 0.181. The molecular weight excluding hydrogens is 801 g/mol. The summed E-state index contributed by atoms with van der Waals surface area (Å²) in [6.45, 7) is 8.33. The first-order valence-electron chi connectivity index (χ1n) is 17.6. The van der Waals surface area contributed by atoms with Crippen LogP contribution in [-0.2, 0) is 44.8 Å². The van der Waals surface area contributed by atoms with E-state index in [4.69, 9.17) is 52.3 Å². The predicted octanol–water partition coefficient (Wildman–Crippen LogP) is 7.88. The second-order valence-electron chi connectivity index (χ2n) is 11.9. The van der Waals surface area contributed by atoms with Crippen LogP contribution in [0.2, 0.25) is 0 Å². The van der Waals surface area contributed by atoms with Gasteiger partial charge in [0, 0.05) is 22.3 Å². The van der Waals surface area contributed by atoms with Crippen molar-refractivity contribution in [1.82, 2.24) is 9.97 Å². The Kier molecular flexibility index (Phi) is 28.5. The highest BCUT2D eigenvalue weighted by Gasteiger charge is 2.03. The summed E-state index contributed by atoms with van der Waals surface area (Å²) in [4.78, 5) is 93.5. The number of hydrogen-bond acceptors (Lipinski definition) is 15. The fraction of sp³-hybridized carbons (Fsp3) is 0.106. The van der Waals surface area contributed by atoms with E-state index in [1.165, 1.54) is 58.3 Å². The lowest BCUT2D eigenvalue weighted by molar-refractivity contribution is -0.193. The Morgan fingerprint density at radius 3 is 1.42 bits per heavy atom. The minimum Gasteiger partial charge on any atom is -0.508 e. The minimum absolute atomic E-state index is 0.181. The number of phenols is 1. The monoisotopic (exact) mass is 840 g/mol. The fourth-order valence-electron chi connectivity index (χ4n) is 4.65. The highest BCUT2D eigenvalue weighted by molar-refractivity contribution is 5.75. The molecule has 2 heterocycles. The van der Waals surface area contributed by atoms with E-state index in [-0.39, 0.29) is 30.4 Å². The third-order valence-corrected chi connectivity index (χ3v) is 7.77. The van der Waals surface area contributed by atoms with Crippen LogP contribution in [0, 0.1) is 27.7 Å². The summed E-state index contributed by atoms with van der Waals surface area (Å²) in [6.07, 6.45) is 9.84. The number of carbonyl (C=O) groups is 2. The lowest BCUT2D eigenvalue weighted by Gasteiger charge is -2.06. The van der Waals surface area contributed by atoms with Crippen LogP contribution in [-0.4, -0.2) is 52.3 Å². The smallest absolute Gasteiger partial charge is 0.373 e. The maximum Gasteiger partial charge on any atom is 0.373 e. The van der Waals surface area contributed by atoms with Gasteiger partial charge in [-0.15, -0.1) is 0 Å². The summed E-state index contributed by atoms with van der Waals surface area (Å²) in [7, 11) is 0. The summed E-state index contributed by atoms with van der Waals surface area (Å²) in [5.41, 5.74) is 11.0. The molecule has 2 aromatic heterocycles. The summed E-state index contributed by atoms with van der Waals surface area (Å²) in [5.74, 6) is 1.82. The number of phenolic OH excluding ortho intramolecular Hbond substituents is 1. The third-order valence-electron chi connectivity index (χ3n) is 7.77. The van der Waals surface area contributed by atoms with Crippen LogP contribution in [0.5, 0.6) is 5.75 Å². The third kappa shape index (κ3) is 22.8. The molecule has 0 atom stereocenters. The van der Waals surface area contributed by atoms with Gasteiger partial charge in [-0.05, 0) is 98.3 Å². The first-order valence-corrected chi connectivity index (χ1v) is 17.6. The van der Waals surface area contributed by atoms with E-state index in [0.717, 1.165) is 47.2 Å². The largest absolute Gasteiger partial charge is 0.508 e. The fourth-order valence-corrected chi connectivity index (χ4v) is 4.65. The van der Waals surface area contributed by atoms with Gasteiger partial charge in [0.05, 0.1) is 12.4 Å². The maximum absolute atomic E-state index is 10.7. The number of oxazole rings is 2. The average Bonchev–Trinajstić information content (AvgIpc) is 4.02. The highest BCUT2D eigenvalue weighted by Crippen LogP contribution is 2.21. The van der Waals surface area contributed by atoms with E-state index in [2.05, 4.69) is 74.1 Å². The van der Waals surface area contributed by atoms with Gasteiger partial charge in [-0.1, -0.05) is 84.4 Å². The van der Waals surface area contributed by atoms with E-state index >= 15 is 0 Å². The number of rotatable bonds is 6. The van der Waals surface area contributed by atoms with Gasteiger partial charge in [-0.2, -0.15) is 38.4 Å². The van der Waals surface area contributed by atoms with E-state index in [1.54, 1.807) is 24.5 Å². The van der Waals surface area contributed by atoms with Crippen LogP contribution < -0.4 is 0 Å². The molecule has 316 valence electrons. The van der Waals surface area contributed by atoms with Crippen molar-refractivity contribution in [3.63, 3.8) is 0 Å². The number of aromatic nitrogens is 2. The summed E-state index contributed by atoms with van der Waals surface area (Å²) >= 11 is 0.